The molecule has 1 aliphatic heterocycles. The number of anilines is 3. The van der Waals surface area contributed by atoms with E-state index < -0.39 is 0 Å². The van der Waals surface area contributed by atoms with Crippen LogP contribution in [0, 0.1) is 5.92 Å². The first-order valence-corrected chi connectivity index (χ1v) is 13.0. The molecule has 0 spiro atoms. The van der Waals surface area contributed by atoms with E-state index in [1.165, 1.54) is 12.8 Å². The number of ether oxygens (including phenoxy) is 1. The number of hydrogen-bond acceptors (Lipinski definition) is 5. The molecule has 0 bridgehead atoms. The number of carbonyl (C=O) groups excluding carboxylic acids is 2. The van der Waals surface area contributed by atoms with Gasteiger partial charge in [-0.05, 0) is 61.9 Å². The summed E-state index contributed by atoms with van der Waals surface area (Å²) in [5.41, 5.74) is 4.44. The van der Waals surface area contributed by atoms with Crippen LogP contribution in [-0.2, 0) is 22.4 Å². The minimum atomic E-state index is -0.0350. The maximum atomic E-state index is 12.9. The summed E-state index contributed by atoms with van der Waals surface area (Å²) >= 11 is 0. The third-order valence-corrected chi connectivity index (χ3v) is 6.86. The number of nitrogens with one attached hydrogen (secondary N) is 3. The zero-order chi connectivity index (χ0) is 24.5. The van der Waals surface area contributed by atoms with Crippen molar-refractivity contribution < 1.29 is 19.4 Å². The van der Waals surface area contributed by atoms with Crippen LogP contribution >= 0.6 is 0 Å². The molecule has 7 nitrogen and oxygen atoms in total. The van der Waals surface area contributed by atoms with Crippen molar-refractivity contribution in [3.63, 3.8) is 0 Å². The Bertz CT molecular complexity index is 1020. The molecule has 0 atom stereocenters. The van der Waals surface area contributed by atoms with Gasteiger partial charge >= 0.3 is 0 Å². The third-order valence-electron chi connectivity index (χ3n) is 6.86. The first kappa shape index (κ1) is 25.0. The van der Waals surface area contributed by atoms with Crippen molar-refractivity contribution >= 4 is 28.9 Å². The van der Waals surface area contributed by atoms with E-state index in [2.05, 4.69) is 22.0 Å². The zero-order valence-electron chi connectivity index (χ0n) is 20.4. The normalized spacial score (nSPS) is 16.1. The molecule has 1 saturated carbocycles. The Hall–Kier alpha value is -3.06. The Balaban J connectivity index is 1.34. The van der Waals surface area contributed by atoms with Crippen molar-refractivity contribution in [2.75, 3.05) is 35.7 Å². The monoisotopic (exact) mass is 479 g/mol. The molecule has 4 rings (SSSR count). The van der Waals surface area contributed by atoms with Crippen molar-refractivity contribution in [1.29, 1.82) is 0 Å². The topological polar surface area (TPSA) is 99.7 Å². The molecule has 35 heavy (non-hydrogen) atoms. The summed E-state index contributed by atoms with van der Waals surface area (Å²) in [4.78, 5) is 25.1. The fraction of sp³-hybridized carbons (Fsp3) is 0.500. The average molecular weight is 480 g/mol. The second-order valence-electron chi connectivity index (χ2n) is 9.49. The lowest BCUT2D eigenvalue weighted by atomic mass is 9.97. The van der Waals surface area contributed by atoms with Gasteiger partial charge in [0.25, 0.3) is 0 Å². The minimum Gasteiger partial charge on any atom is -0.493 e. The predicted octanol–water partition coefficient (Wildman–Crippen LogP) is 4.90. The highest BCUT2D eigenvalue weighted by molar-refractivity contribution is 6.03. The Morgan fingerprint density at radius 2 is 1.91 bits per heavy atom. The molecule has 2 aromatic rings. The highest BCUT2D eigenvalue weighted by Crippen LogP contribution is 2.38. The zero-order valence-corrected chi connectivity index (χ0v) is 20.4. The fourth-order valence-electron chi connectivity index (χ4n) is 4.93. The molecular weight excluding hydrogens is 442 g/mol. The minimum absolute atomic E-state index is 0.0350. The molecule has 0 radical (unpaired) electrons. The summed E-state index contributed by atoms with van der Waals surface area (Å²) in [5.74, 6) is 0.821. The summed E-state index contributed by atoms with van der Waals surface area (Å²) in [6, 6.07) is 11.8. The first-order valence-electron chi connectivity index (χ1n) is 13.0. The molecule has 0 saturated heterocycles. The van der Waals surface area contributed by atoms with Gasteiger partial charge in [-0.15, -0.1) is 0 Å². The van der Waals surface area contributed by atoms with Crippen LogP contribution in [0.2, 0.25) is 0 Å². The number of benzene rings is 2. The SMILES string of the molecule is O=C1CCc2c(OCCCNc3cccc(CCO)c3)ccc(NC(=O)C3CCCCCC3)c2N1. The van der Waals surface area contributed by atoms with Gasteiger partial charge in [0.2, 0.25) is 11.8 Å². The number of amides is 2. The highest BCUT2D eigenvalue weighted by Gasteiger charge is 2.25. The predicted molar refractivity (Wildman–Crippen MR) is 139 cm³/mol. The molecule has 2 amide bonds. The van der Waals surface area contributed by atoms with Gasteiger partial charge in [0.15, 0.2) is 0 Å². The maximum Gasteiger partial charge on any atom is 0.227 e. The van der Waals surface area contributed by atoms with Crippen LogP contribution < -0.4 is 20.7 Å². The number of aliphatic hydroxyl groups is 1. The Morgan fingerprint density at radius 1 is 1.09 bits per heavy atom. The van der Waals surface area contributed by atoms with E-state index in [-0.39, 0.29) is 24.3 Å². The lowest BCUT2D eigenvalue weighted by molar-refractivity contribution is -0.120. The molecule has 0 aromatic heterocycles. The van der Waals surface area contributed by atoms with E-state index >= 15 is 0 Å². The molecule has 7 heteroatoms. The summed E-state index contributed by atoms with van der Waals surface area (Å²) in [7, 11) is 0. The van der Waals surface area contributed by atoms with Crippen LogP contribution in [0.15, 0.2) is 36.4 Å². The van der Waals surface area contributed by atoms with Gasteiger partial charge < -0.3 is 25.8 Å². The molecule has 4 N–H and O–H groups in total. The number of rotatable bonds is 10. The molecule has 188 valence electrons. The Kier molecular flexibility index (Phi) is 9.01. The van der Waals surface area contributed by atoms with Crippen LogP contribution in [0.5, 0.6) is 5.75 Å². The van der Waals surface area contributed by atoms with E-state index in [0.717, 1.165) is 61.2 Å². The van der Waals surface area contributed by atoms with Crippen molar-refractivity contribution in [2.24, 2.45) is 5.92 Å². The fourth-order valence-corrected chi connectivity index (χ4v) is 4.93. The molecule has 0 unspecified atom stereocenters. The van der Waals surface area contributed by atoms with Gasteiger partial charge in [0.1, 0.15) is 5.75 Å². The molecular formula is C28H37N3O4. The van der Waals surface area contributed by atoms with Gasteiger partial charge in [-0.3, -0.25) is 9.59 Å². The number of hydrogen-bond donors (Lipinski definition) is 4. The Morgan fingerprint density at radius 3 is 2.71 bits per heavy atom. The van der Waals surface area contributed by atoms with E-state index in [4.69, 9.17) is 9.84 Å². The molecule has 1 fully saturated rings. The van der Waals surface area contributed by atoms with E-state index in [1.54, 1.807) is 0 Å². The van der Waals surface area contributed by atoms with Crippen LogP contribution in [0.3, 0.4) is 0 Å². The van der Waals surface area contributed by atoms with E-state index in [0.29, 0.717) is 37.2 Å². The van der Waals surface area contributed by atoms with Gasteiger partial charge in [-0.25, -0.2) is 0 Å². The quantitative estimate of drug-likeness (QED) is 0.287. The van der Waals surface area contributed by atoms with Gasteiger partial charge in [-0.2, -0.15) is 0 Å². The van der Waals surface area contributed by atoms with Crippen molar-refractivity contribution in [3.05, 3.63) is 47.5 Å². The van der Waals surface area contributed by atoms with Crippen molar-refractivity contribution in [3.8, 4) is 5.75 Å². The maximum absolute atomic E-state index is 12.9. The summed E-state index contributed by atoms with van der Waals surface area (Å²) in [6.07, 6.45) is 8.94. The van der Waals surface area contributed by atoms with Crippen LogP contribution in [0.1, 0.15) is 62.5 Å². The van der Waals surface area contributed by atoms with Gasteiger partial charge in [-0.1, -0.05) is 37.8 Å². The smallest absolute Gasteiger partial charge is 0.227 e. The van der Waals surface area contributed by atoms with Crippen LogP contribution in [0.4, 0.5) is 17.1 Å². The molecule has 1 heterocycles. The number of aliphatic hydroxyl groups excluding tert-OH is 1. The molecule has 2 aliphatic rings. The first-order chi connectivity index (χ1) is 17.1. The summed E-state index contributed by atoms with van der Waals surface area (Å²) in [5, 5.41) is 18.6. The second-order valence-corrected chi connectivity index (χ2v) is 9.49. The van der Waals surface area contributed by atoms with Crippen LogP contribution in [-0.4, -0.2) is 36.7 Å². The number of carbonyl (C=O) groups is 2. The van der Waals surface area contributed by atoms with E-state index in [1.807, 2.05) is 30.3 Å². The van der Waals surface area contributed by atoms with Crippen LogP contribution in [0.25, 0.3) is 0 Å². The average Bonchev–Trinajstić information content (AvgIpc) is 3.15. The number of fused-ring (bicyclic) bond motifs is 1. The van der Waals surface area contributed by atoms with Gasteiger partial charge in [0, 0.05) is 36.7 Å². The second kappa shape index (κ2) is 12.6. The largest absolute Gasteiger partial charge is 0.493 e. The molecule has 1 aliphatic carbocycles. The Labute approximate surface area is 207 Å². The van der Waals surface area contributed by atoms with Crippen molar-refractivity contribution in [2.45, 2.75) is 64.2 Å². The van der Waals surface area contributed by atoms with Gasteiger partial charge in [0.05, 0.1) is 18.0 Å². The lowest BCUT2D eigenvalue weighted by Gasteiger charge is -2.24. The summed E-state index contributed by atoms with van der Waals surface area (Å²) < 4.78 is 6.10. The lowest BCUT2D eigenvalue weighted by Crippen LogP contribution is -2.26. The molecule has 2 aromatic carbocycles. The summed E-state index contributed by atoms with van der Waals surface area (Å²) in [6.45, 7) is 1.44. The van der Waals surface area contributed by atoms with E-state index in [9.17, 15) is 9.59 Å². The standard InChI is InChI=1S/C28H37N3O4/c32-17-15-20-7-5-10-22(19-20)29-16-6-18-35-25-13-12-24(27-23(25)11-14-26(33)31-27)30-28(34)21-8-3-1-2-4-9-21/h5,7,10,12-13,19,21,29,32H,1-4,6,8-9,11,14-18H2,(H,30,34)(H,31,33). The third kappa shape index (κ3) is 6.98. The van der Waals surface area contributed by atoms with Crippen molar-refractivity contribution in [1.82, 2.24) is 0 Å². The highest BCUT2D eigenvalue weighted by atomic mass is 16.5.